The van der Waals surface area contributed by atoms with Gasteiger partial charge in [-0.05, 0) is 43.0 Å². The number of nitrogens with zero attached hydrogens (tertiary/aromatic N) is 2. The Kier molecular flexibility index (Phi) is 4.99. The van der Waals surface area contributed by atoms with E-state index in [0.717, 1.165) is 18.4 Å². The van der Waals surface area contributed by atoms with E-state index in [2.05, 4.69) is 35.5 Å². The van der Waals surface area contributed by atoms with Gasteiger partial charge < -0.3 is 10.3 Å². The Hall–Kier alpha value is -1.33. The lowest BCUT2D eigenvalue weighted by atomic mass is 10.0. The summed E-state index contributed by atoms with van der Waals surface area (Å²) in [5.41, 5.74) is 6.67. The Labute approximate surface area is 117 Å². The summed E-state index contributed by atoms with van der Waals surface area (Å²) in [6.07, 6.45) is 3.83. The third kappa shape index (κ3) is 3.58. The fourth-order valence-corrected chi connectivity index (χ4v) is 2.24. The van der Waals surface area contributed by atoms with Gasteiger partial charge in [-0.15, -0.1) is 11.8 Å². The van der Waals surface area contributed by atoms with Crippen LogP contribution in [0.4, 0.5) is 0 Å². The third-order valence-corrected chi connectivity index (χ3v) is 3.93. The second-order valence-electron chi connectivity index (χ2n) is 4.45. The van der Waals surface area contributed by atoms with Crippen LogP contribution in [0.15, 0.2) is 33.7 Å². The molecular weight excluding hydrogens is 258 g/mol. The molecule has 0 spiro atoms. The molecule has 0 aliphatic carbocycles. The lowest BCUT2D eigenvalue weighted by Gasteiger charge is -2.07. The van der Waals surface area contributed by atoms with E-state index in [1.165, 1.54) is 4.90 Å². The van der Waals surface area contributed by atoms with Crippen molar-refractivity contribution in [2.45, 2.75) is 24.7 Å². The molecule has 102 valence electrons. The second-order valence-corrected chi connectivity index (χ2v) is 5.33. The molecule has 2 N–H and O–H groups in total. The molecule has 19 heavy (non-hydrogen) atoms. The van der Waals surface area contributed by atoms with Crippen molar-refractivity contribution in [1.82, 2.24) is 10.1 Å². The van der Waals surface area contributed by atoms with Crippen LogP contribution < -0.4 is 5.73 Å². The summed E-state index contributed by atoms with van der Waals surface area (Å²) in [7, 11) is 0. The van der Waals surface area contributed by atoms with Crippen LogP contribution in [0.5, 0.6) is 0 Å². The van der Waals surface area contributed by atoms with Crippen molar-refractivity contribution in [3.8, 4) is 11.4 Å². The molecule has 1 unspecified atom stereocenters. The minimum absolute atomic E-state index is 0.409. The highest BCUT2D eigenvalue weighted by Crippen LogP contribution is 2.21. The molecule has 0 radical (unpaired) electrons. The van der Waals surface area contributed by atoms with Crippen molar-refractivity contribution in [2.24, 2.45) is 11.7 Å². The SMILES string of the molecule is CCC(CN)Cc1nc(-c2ccc(SC)cc2)no1. The van der Waals surface area contributed by atoms with Gasteiger partial charge in [-0.1, -0.05) is 18.5 Å². The average molecular weight is 277 g/mol. The highest BCUT2D eigenvalue weighted by atomic mass is 32.2. The first kappa shape index (κ1) is 14.1. The van der Waals surface area contributed by atoms with Crippen LogP contribution in [0.25, 0.3) is 11.4 Å². The summed E-state index contributed by atoms with van der Waals surface area (Å²) in [5, 5.41) is 4.03. The molecule has 5 heteroatoms. The summed E-state index contributed by atoms with van der Waals surface area (Å²) < 4.78 is 5.29. The monoisotopic (exact) mass is 277 g/mol. The second kappa shape index (κ2) is 6.73. The zero-order chi connectivity index (χ0) is 13.7. The minimum Gasteiger partial charge on any atom is -0.339 e. The van der Waals surface area contributed by atoms with Crippen LogP contribution >= 0.6 is 11.8 Å². The number of thioether (sulfide) groups is 1. The third-order valence-electron chi connectivity index (χ3n) is 3.19. The van der Waals surface area contributed by atoms with Gasteiger partial charge in [0, 0.05) is 16.9 Å². The van der Waals surface area contributed by atoms with Gasteiger partial charge in [-0.2, -0.15) is 4.98 Å². The quantitative estimate of drug-likeness (QED) is 0.822. The van der Waals surface area contributed by atoms with Crippen LogP contribution in [0.2, 0.25) is 0 Å². The number of nitrogens with two attached hydrogens (primary N) is 1. The van der Waals surface area contributed by atoms with Gasteiger partial charge in [0.1, 0.15) is 0 Å². The molecule has 0 saturated heterocycles. The Morgan fingerprint density at radius 1 is 1.32 bits per heavy atom. The highest BCUT2D eigenvalue weighted by Gasteiger charge is 2.13. The van der Waals surface area contributed by atoms with Crippen molar-refractivity contribution < 1.29 is 4.52 Å². The maximum Gasteiger partial charge on any atom is 0.227 e. The molecule has 0 fully saturated rings. The van der Waals surface area contributed by atoms with Crippen LogP contribution in [0.1, 0.15) is 19.2 Å². The van der Waals surface area contributed by atoms with E-state index >= 15 is 0 Å². The Morgan fingerprint density at radius 3 is 2.63 bits per heavy atom. The zero-order valence-electron chi connectivity index (χ0n) is 11.3. The smallest absolute Gasteiger partial charge is 0.227 e. The van der Waals surface area contributed by atoms with E-state index in [9.17, 15) is 0 Å². The predicted octanol–water partition coefficient (Wildman–Crippen LogP) is 2.99. The van der Waals surface area contributed by atoms with E-state index in [4.69, 9.17) is 10.3 Å². The van der Waals surface area contributed by atoms with Crippen molar-refractivity contribution in [3.63, 3.8) is 0 Å². The van der Waals surface area contributed by atoms with E-state index < -0.39 is 0 Å². The fraction of sp³-hybridized carbons (Fsp3) is 0.429. The molecule has 1 atom stereocenters. The molecule has 2 rings (SSSR count). The van der Waals surface area contributed by atoms with Gasteiger partial charge >= 0.3 is 0 Å². The molecule has 1 aromatic heterocycles. The van der Waals surface area contributed by atoms with Gasteiger partial charge in [-0.3, -0.25) is 0 Å². The van der Waals surface area contributed by atoms with E-state index in [-0.39, 0.29) is 0 Å². The van der Waals surface area contributed by atoms with E-state index in [1.54, 1.807) is 11.8 Å². The van der Waals surface area contributed by atoms with Crippen LogP contribution in [0, 0.1) is 5.92 Å². The number of aromatic nitrogens is 2. The Balaban J connectivity index is 2.11. The standard InChI is InChI=1S/C14H19N3OS/c1-3-10(9-15)8-13-16-14(17-18-13)11-4-6-12(19-2)7-5-11/h4-7,10H,3,8-9,15H2,1-2H3. The molecule has 2 aromatic rings. The Bertz CT molecular complexity index is 506. The van der Waals surface area contributed by atoms with Gasteiger partial charge in [0.25, 0.3) is 0 Å². The Morgan fingerprint density at radius 2 is 2.05 bits per heavy atom. The molecule has 0 amide bonds. The van der Waals surface area contributed by atoms with Crippen molar-refractivity contribution in [2.75, 3.05) is 12.8 Å². The minimum atomic E-state index is 0.409. The molecule has 0 saturated carbocycles. The first-order valence-electron chi connectivity index (χ1n) is 6.43. The lowest BCUT2D eigenvalue weighted by molar-refractivity contribution is 0.350. The topological polar surface area (TPSA) is 64.9 Å². The fourth-order valence-electron chi connectivity index (χ4n) is 1.84. The number of rotatable bonds is 6. The van der Waals surface area contributed by atoms with Crippen LogP contribution in [-0.2, 0) is 6.42 Å². The molecule has 0 aliphatic rings. The van der Waals surface area contributed by atoms with Gasteiger partial charge in [0.05, 0.1) is 0 Å². The average Bonchev–Trinajstić information content (AvgIpc) is 2.93. The number of hydrogen-bond acceptors (Lipinski definition) is 5. The number of benzene rings is 1. The predicted molar refractivity (Wildman–Crippen MR) is 78.1 cm³/mol. The largest absolute Gasteiger partial charge is 0.339 e. The summed E-state index contributed by atoms with van der Waals surface area (Å²) >= 11 is 1.71. The van der Waals surface area contributed by atoms with Crippen LogP contribution in [0.3, 0.4) is 0 Å². The van der Waals surface area contributed by atoms with Crippen molar-refractivity contribution in [3.05, 3.63) is 30.2 Å². The summed E-state index contributed by atoms with van der Waals surface area (Å²) in [6, 6.07) is 8.15. The molecular formula is C14H19N3OS. The summed E-state index contributed by atoms with van der Waals surface area (Å²) in [5.74, 6) is 1.72. The van der Waals surface area contributed by atoms with Crippen molar-refractivity contribution >= 4 is 11.8 Å². The molecule has 0 bridgehead atoms. The van der Waals surface area contributed by atoms with Gasteiger partial charge in [-0.25, -0.2) is 0 Å². The summed E-state index contributed by atoms with van der Waals surface area (Å²) in [6.45, 7) is 2.77. The number of hydrogen-bond donors (Lipinski definition) is 1. The maximum atomic E-state index is 5.69. The van der Waals surface area contributed by atoms with Gasteiger partial charge in [0.2, 0.25) is 11.7 Å². The molecule has 1 aromatic carbocycles. The molecule has 1 heterocycles. The summed E-state index contributed by atoms with van der Waals surface area (Å²) in [4.78, 5) is 5.66. The van der Waals surface area contributed by atoms with Crippen LogP contribution in [-0.4, -0.2) is 22.9 Å². The maximum absolute atomic E-state index is 5.69. The molecule has 0 aliphatic heterocycles. The highest BCUT2D eigenvalue weighted by molar-refractivity contribution is 7.98. The van der Waals surface area contributed by atoms with E-state index in [1.807, 2.05) is 12.1 Å². The zero-order valence-corrected chi connectivity index (χ0v) is 12.1. The van der Waals surface area contributed by atoms with E-state index in [0.29, 0.717) is 24.2 Å². The van der Waals surface area contributed by atoms with Gasteiger partial charge in [0.15, 0.2) is 0 Å². The first-order chi connectivity index (χ1) is 9.26. The molecule has 4 nitrogen and oxygen atoms in total. The first-order valence-corrected chi connectivity index (χ1v) is 7.66. The van der Waals surface area contributed by atoms with Crippen molar-refractivity contribution in [1.29, 1.82) is 0 Å². The normalized spacial score (nSPS) is 12.6. The lowest BCUT2D eigenvalue weighted by Crippen LogP contribution is -2.15.